The third-order valence-electron chi connectivity index (χ3n) is 3.30. The van der Waals surface area contributed by atoms with E-state index in [9.17, 15) is 0 Å². The molecule has 0 aliphatic rings. The molecule has 1 aromatic carbocycles. The fourth-order valence-electron chi connectivity index (χ4n) is 2.18. The molecule has 1 aromatic heterocycles. The van der Waals surface area contributed by atoms with Crippen LogP contribution in [-0.4, -0.2) is 9.97 Å². The Morgan fingerprint density at radius 2 is 1.89 bits per heavy atom. The Kier molecular flexibility index (Phi) is 4.46. The maximum absolute atomic E-state index is 4.30. The van der Waals surface area contributed by atoms with E-state index in [4.69, 9.17) is 0 Å². The summed E-state index contributed by atoms with van der Waals surface area (Å²) in [6.45, 7) is 4.30. The van der Waals surface area contributed by atoms with Crippen LogP contribution in [0.15, 0.2) is 42.7 Å². The summed E-state index contributed by atoms with van der Waals surface area (Å²) in [6.07, 6.45) is 5.07. The van der Waals surface area contributed by atoms with Gasteiger partial charge in [-0.05, 0) is 43.7 Å². The van der Waals surface area contributed by atoms with Crippen LogP contribution in [0.25, 0.3) is 0 Å². The molecule has 2 aromatic rings. The van der Waals surface area contributed by atoms with Gasteiger partial charge in [-0.25, -0.2) is 9.97 Å². The van der Waals surface area contributed by atoms with Crippen molar-refractivity contribution in [1.29, 1.82) is 0 Å². The highest BCUT2D eigenvalue weighted by atomic mass is 14.8. The lowest BCUT2D eigenvalue weighted by Gasteiger charge is -2.11. The lowest BCUT2D eigenvalue weighted by molar-refractivity contribution is 0.627. The number of benzene rings is 1. The maximum atomic E-state index is 4.30. The van der Waals surface area contributed by atoms with Gasteiger partial charge in [-0.1, -0.05) is 37.3 Å². The van der Waals surface area contributed by atoms with Crippen LogP contribution in [0.5, 0.6) is 0 Å². The summed E-state index contributed by atoms with van der Waals surface area (Å²) in [4.78, 5) is 8.42. The first-order chi connectivity index (χ1) is 8.75. The normalized spacial score (nSPS) is 12.3. The number of aromatic nitrogens is 2. The molecule has 0 spiro atoms. The summed E-state index contributed by atoms with van der Waals surface area (Å²) < 4.78 is 0. The van der Waals surface area contributed by atoms with E-state index in [2.05, 4.69) is 53.3 Å². The molecule has 94 valence electrons. The Hall–Kier alpha value is -1.70. The van der Waals surface area contributed by atoms with Gasteiger partial charge in [0.05, 0.1) is 0 Å². The van der Waals surface area contributed by atoms with Crippen LogP contribution in [0.1, 0.15) is 42.6 Å². The van der Waals surface area contributed by atoms with Crippen LogP contribution >= 0.6 is 0 Å². The molecule has 0 aliphatic carbocycles. The molecule has 18 heavy (non-hydrogen) atoms. The predicted octanol–water partition coefficient (Wildman–Crippen LogP) is 3.91. The molecule has 0 amide bonds. The van der Waals surface area contributed by atoms with Crippen LogP contribution in [0.2, 0.25) is 0 Å². The zero-order chi connectivity index (χ0) is 12.8. The third-order valence-corrected chi connectivity index (χ3v) is 3.30. The van der Waals surface area contributed by atoms with E-state index in [0.29, 0.717) is 5.92 Å². The molecule has 0 saturated carbocycles. The van der Waals surface area contributed by atoms with Crippen LogP contribution in [0, 0.1) is 6.92 Å². The molecule has 0 aliphatic heterocycles. The molecule has 2 heteroatoms. The summed E-state index contributed by atoms with van der Waals surface area (Å²) in [5, 5.41) is 0. The Bertz CT molecular complexity index is 479. The number of rotatable bonds is 5. The summed E-state index contributed by atoms with van der Waals surface area (Å²) in [5.41, 5.74) is 3.63. The topological polar surface area (TPSA) is 25.8 Å². The van der Waals surface area contributed by atoms with Crippen molar-refractivity contribution in [1.82, 2.24) is 9.97 Å². The van der Waals surface area contributed by atoms with Crippen molar-refractivity contribution in [2.45, 2.75) is 39.0 Å². The van der Waals surface area contributed by atoms with E-state index in [-0.39, 0.29) is 0 Å². The lowest BCUT2D eigenvalue weighted by Crippen LogP contribution is -1.97. The van der Waals surface area contributed by atoms with Crippen LogP contribution in [0.3, 0.4) is 0 Å². The first kappa shape index (κ1) is 12.7. The van der Waals surface area contributed by atoms with E-state index in [1.807, 2.05) is 6.92 Å². The van der Waals surface area contributed by atoms with Gasteiger partial charge in [-0.3, -0.25) is 0 Å². The van der Waals surface area contributed by atoms with Crippen molar-refractivity contribution in [3.63, 3.8) is 0 Å². The number of nitrogens with zero attached hydrogens (tertiary/aromatic N) is 2. The number of hydrogen-bond acceptors (Lipinski definition) is 2. The largest absolute Gasteiger partial charge is 0.242 e. The summed E-state index contributed by atoms with van der Waals surface area (Å²) in [7, 11) is 0. The zero-order valence-electron chi connectivity index (χ0n) is 11.1. The third kappa shape index (κ3) is 3.66. The highest BCUT2D eigenvalue weighted by Gasteiger charge is 2.05. The predicted molar refractivity (Wildman–Crippen MR) is 74.6 cm³/mol. The Morgan fingerprint density at radius 3 is 2.61 bits per heavy atom. The summed E-state index contributed by atoms with van der Waals surface area (Å²) in [6, 6.07) is 12.8. The first-order valence-corrected chi connectivity index (χ1v) is 6.58. The van der Waals surface area contributed by atoms with E-state index in [1.165, 1.54) is 18.4 Å². The maximum Gasteiger partial charge on any atom is 0.115 e. The molecule has 0 N–H and O–H groups in total. The molecular formula is C16H20N2. The molecule has 0 saturated heterocycles. The smallest absolute Gasteiger partial charge is 0.115 e. The zero-order valence-corrected chi connectivity index (χ0v) is 11.1. The van der Waals surface area contributed by atoms with Crippen molar-refractivity contribution in [2.24, 2.45) is 0 Å². The first-order valence-electron chi connectivity index (χ1n) is 6.58. The van der Waals surface area contributed by atoms with Gasteiger partial charge in [0.1, 0.15) is 6.33 Å². The average Bonchev–Trinajstić information content (AvgIpc) is 2.40. The fourth-order valence-corrected chi connectivity index (χ4v) is 2.18. The van der Waals surface area contributed by atoms with E-state index in [1.54, 1.807) is 6.33 Å². The quantitative estimate of drug-likeness (QED) is 0.791. The van der Waals surface area contributed by atoms with Crippen LogP contribution < -0.4 is 0 Å². The van der Waals surface area contributed by atoms with Gasteiger partial charge >= 0.3 is 0 Å². The minimum Gasteiger partial charge on any atom is -0.242 e. The van der Waals surface area contributed by atoms with Crippen LogP contribution in [-0.2, 0) is 6.42 Å². The summed E-state index contributed by atoms with van der Waals surface area (Å²) in [5.74, 6) is 0.620. The molecule has 2 nitrogen and oxygen atoms in total. The average molecular weight is 240 g/mol. The van der Waals surface area contributed by atoms with Crippen molar-refractivity contribution >= 4 is 0 Å². The van der Waals surface area contributed by atoms with Crippen molar-refractivity contribution in [3.05, 3.63) is 59.7 Å². The van der Waals surface area contributed by atoms with E-state index < -0.39 is 0 Å². The molecule has 1 unspecified atom stereocenters. The minimum absolute atomic E-state index is 0.620. The molecule has 1 heterocycles. The number of aryl methyl sites for hydroxylation is 2. The van der Waals surface area contributed by atoms with Crippen molar-refractivity contribution in [2.75, 3.05) is 0 Å². The Labute approximate surface area is 109 Å². The van der Waals surface area contributed by atoms with Gasteiger partial charge in [0.15, 0.2) is 0 Å². The fraction of sp³-hybridized carbons (Fsp3) is 0.375. The second kappa shape index (κ2) is 6.29. The summed E-state index contributed by atoms with van der Waals surface area (Å²) >= 11 is 0. The standard InChI is InChI=1S/C16H20N2/c1-13(15-8-4-3-5-9-15)7-6-10-16-11-14(2)17-12-18-16/h3-5,8-9,11-13H,6-7,10H2,1-2H3. The Balaban J connectivity index is 1.82. The van der Waals surface area contributed by atoms with Gasteiger partial charge in [0.2, 0.25) is 0 Å². The van der Waals surface area contributed by atoms with Crippen molar-refractivity contribution < 1.29 is 0 Å². The van der Waals surface area contributed by atoms with Gasteiger partial charge < -0.3 is 0 Å². The second-order valence-electron chi connectivity index (χ2n) is 4.85. The molecular weight excluding hydrogens is 220 g/mol. The van der Waals surface area contributed by atoms with Gasteiger partial charge in [-0.2, -0.15) is 0 Å². The molecule has 1 atom stereocenters. The monoisotopic (exact) mass is 240 g/mol. The van der Waals surface area contributed by atoms with Crippen molar-refractivity contribution in [3.8, 4) is 0 Å². The molecule has 0 bridgehead atoms. The molecule has 0 fully saturated rings. The lowest BCUT2D eigenvalue weighted by atomic mass is 9.95. The highest BCUT2D eigenvalue weighted by molar-refractivity contribution is 5.18. The molecule has 2 rings (SSSR count). The van der Waals surface area contributed by atoms with E-state index in [0.717, 1.165) is 17.8 Å². The van der Waals surface area contributed by atoms with Gasteiger partial charge in [0, 0.05) is 11.4 Å². The Morgan fingerprint density at radius 1 is 1.11 bits per heavy atom. The van der Waals surface area contributed by atoms with E-state index >= 15 is 0 Å². The number of hydrogen-bond donors (Lipinski definition) is 0. The SMILES string of the molecule is Cc1cc(CCCC(C)c2ccccc2)ncn1. The van der Waals surface area contributed by atoms with Gasteiger partial charge in [0.25, 0.3) is 0 Å². The highest BCUT2D eigenvalue weighted by Crippen LogP contribution is 2.20. The minimum atomic E-state index is 0.620. The second-order valence-corrected chi connectivity index (χ2v) is 4.85. The van der Waals surface area contributed by atoms with Gasteiger partial charge in [-0.15, -0.1) is 0 Å². The van der Waals surface area contributed by atoms with Crippen LogP contribution in [0.4, 0.5) is 0 Å². The molecule has 0 radical (unpaired) electrons.